The number of anilines is 3. The van der Waals surface area contributed by atoms with Gasteiger partial charge in [0.1, 0.15) is 0 Å². The third-order valence-corrected chi connectivity index (χ3v) is 15.8. The van der Waals surface area contributed by atoms with Gasteiger partial charge in [-0.15, -0.1) is 0 Å². The second kappa shape index (κ2) is 14.3. The second-order valence-corrected chi connectivity index (χ2v) is 19.3. The summed E-state index contributed by atoms with van der Waals surface area (Å²) in [5.74, 6) is 3.92. The lowest BCUT2D eigenvalue weighted by Gasteiger charge is -2.31. The van der Waals surface area contributed by atoms with Gasteiger partial charge in [-0.05, 0) is 166 Å². The van der Waals surface area contributed by atoms with Gasteiger partial charge >= 0.3 is 0 Å². The fraction of sp³-hybridized carbons (Fsp3) is 0.393. The van der Waals surface area contributed by atoms with Crippen LogP contribution < -0.4 is 4.90 Å². The summed E-state index contributed by atoms with van der Waals surface area (Å²) in [6, 6.07) is 48.2. The quantitative estimate of drug-likeness (QED) is 0.157. The highest BCUT2D eigenvalue weighted by molar-refractivity contribution is 6.01. The molecule has 0 N–H and O–H groups in total. The number of hydrogen-bond donors (Lipinski definition) is 0. The third-order valence-electron chi connectivity index (χ3n) is 15.8. The van der Waals surface area contributed by atoms with E-state index in [0.29, 0.717) is 11.8 Å². The van der Waals surface area contributed by atoms with Crippen LogP contribution in [-0.2, 0) is 5.41 Å². The minimum Gasteiger partial charge on any atom is -0.310 e. The summed E-state index contributed by atoms with van der Waals surface area (Å²) in [6.07, 6.45) is 19.3. The van der Waals surface area contributed by atoms with Gasteiger partial charge in [0.2, 0.25) is 0 Å². The van der Waals surface area contributed by atoms with Crippen LogP contribution in [0.3, 0.4) is 0 Å². The molecule has 4 fully saturated rings. The van der Waals surface area contributed by atoms with E-state index in [4.69, 9.17) is 0 Å². The van der Waals surface area contributed by atoms with E-state index in [1.807, 2.05) is 0 Å². The van der Waals surface area contributed by atoms with Crippen LogP contribution in [0.25, 0.3) is 33.0 Å². The number of nitrogens with zero attached hydrogens (tertiary/aromatic N) is 1. The van der Waals surface area contributed by atoms with E-state index in [9.17, 15) is 0 Å². The second-order valence-electron chi connectivity index (χ2n) is 19.3. The Balaban J connectivity index is 0.984. The van der Waals surface area contributed by atoms with Crippen LogP contribution in [-0.4, -0.2) is 0 Å². The van der Waals surface area contributed by atoms with Crippen LogP contribution >= 0.6 is 0 Å². The van der Waals surface area contributed by atoms with Crippen molar-refractivity contribution in [2.45, 2.75) is 127 Å². The third kappa shape index (κ3) is 6.18. The van der Waals surface area contributed by atoms with Crippen LogP contribution in [0.1, 0.15) is 149 Å². The average Bonchev–Trinajstić information content (AvgIpc) is 3.97. The van der Waals surface area contributed by atoms with Gasteiger partial charge in [-0.1, -0.05) is 144 Å². The van der Waals surface area contributed by atoms with Crippen LogP contribution in [0.5, 0.6) is 0 Å². The fourth-order valence-electron chi connectivity index (χ4n) is 12.6. The first-order chi connectivity index (χ1) is 28.0. The molecule has 0 saturated heterocycles. The molecule has 1 heteroatoms. The molecule has 3 atom stereocenters. The SMILES string of the molecule is CC1(C)c2cc(-c3ccc(C4CCCCC4)cc3)ccc2-c2ccc(N(c3ccc(C4CCCCC4)cc3)c3ccc(C4CC5CCC4C5)c4ccccc34)cc21. The first-order valence-electron chi connectivity index (χ1n) is 22.8. The fourth-order valence-corrected chi connectivity index (χ4v) is 12.6. The zero-order chi connectivity index (χ0) is 38.1. The zero-order valence-corrected chi connectivity index (χ0v) is 34.3. The van der Waals surface area contributed by atoms with Crippen LogP contribution in [0.15, 0.2) is 121 Å². The first kappa shape index (κ1) is 35.5. The Morgan fingerprint density at radius 1 is 0.491 bits per heavy atom. The maximum Gasteiger partial charge on any atom is 0.0540 e. The zero-order valence-electron chi connectivity index (χ0n) is 34.3. The Bertz CT molecular complexity index is 2420. The number of fused-ring (bicyclic) bond motifs is 6. The lowest BCUT2D eigenvalue weighted by Crippen LogP contribution is -2.17. The van der Waals surface area contributed by atoms with Crippen molar-refractivity contribution in [1.82, 2.24) is 0 Å². The molecule has 5 aliphatic carbocycles. The molecule has 6 aromatic rings. The van der Waals surface area contributed by atoms with Gasteiger partial charge in [-0.2, -0.15) is 0 Å². The molecule has 0 heterocycles. The van der Waals surface area contributed by atoms with Gasteiger partial charge in [0.15, 0.2) is 0 Å². The van der Waals surface area contributed by atoms with Gasteiger partial charge in [0.05, 0.1) is 5.69 Å². The molecule has 0 aromatic heterocycles. The number of hydrogen-bond acceptors (Lipinski definition) is 1. The van der Waals surface area contributed by atoms with E-state index in [-0.39, 0.29) is 5.41 Å². The van der Waals surface area contributed by atoms with Gasteiger partial charge in [0, 0.05) is 22.2 Å². The van der Waals surface area contributed by atoms with Crippen molar-refractivity contribution in [3.05, 3.63) is 149 Å². The van der Waals surface area contributed by atoms with Crippen LogP contribution in [0.4, 0.5) is 17.1 Å². The topological polar surface area (TPSA) is 3.24 Å². The summed E-state index contributed by atoms with van der Waals surface area (Å²) in [5, 5.41) is 2.82. The van der Waals surface area contributed by atoms with Crippen molar-refractivity contribution in [2.75, 3.05) is 4.90 Å². The standard InChI is InChI=1S/C56H59N/c1-56(2)53-35-43(42-21-19-40(20-22-42)38-11-5-3-6-12-38)25-29-49(53)50-30-28-46(36-54(50)56)57(45-26-23-41(24-27-45)39-13-7-4-8-14-39)55-32-31-48(47-15-9-10-16-51(47)55)52-34-37-17-18-44(52)33-37/h9-10,15-16,19-32,35-39,44,52H,3-8,11-14,17-18,33-34H2,1-2H3. The highest BCUT2D eigenvalue weighted by Crippen LogP contribution is 2.56. The van der Waals surface area contributed by atoms with E-state index in [0.717, 1.165) is 17.8 Å². The van der Waals surface area contributed by atoms with E-state index >= 15 is 0 Å². The van der Waals surface area contributed by atoms with E-state index in [2.05, 4.69) is 140 Å². The summed E-state index contributed by atoms with van der Waals surface area (Å²) >= 11 is 0. The van der Waals surface area contributed by atoms with E-state index in [1.165, 1.54) is 162 Å². The minimum absolute atomic E-state index is 0.122. The van der Waals surface area contributed by atoms with Gasteiger partial charge < -0.3 is 4.90 Å². The number of benzene rings is 6. The first-order valence-corrected chi connectivity index (χ1v) is 22.8. The molecule has 5 aliphatic rings. The lowest BCUT2D eigenvalue weighted by atomic mass is 9.80. The maximum absolute atomic E-state index is 2.58. The molecule has 3 unspecified atom stereocenters. The summed E-state index contributed by atoms with van der Waals surface area (Å²) in [4.78, 5) is 2.58. The highest BCUT2D eigenvalue weighted by Gasteiger charge is 2.41. The summed E-state index contributed by atoms with van der Waals surface area (Å²) < 4.78 is 0. The Morgan fingerprint density at radius 3 is 1.74 bits per heavy atom. The Hall–Kier alpha value is -4.62. The van der Waals surface area contributed by atoms with Gasteiger partial charge in [-0.3, -0.25) is 0 Å². The number of rotatable bonds is 7. The van der Waals surface area contributed by atoms with Crippen molar-refractivity contribution in [2.24, 2.45) is 11.8 Å². The molecule has 4 saturated carbocycles. The molecule has 288 valence electrons. The predicted molar refractivity (Wildman–Crippen MR) is 241 cm³/mol. The molecule has 0 spiro atoms. The highest BCUT2D eigenvalue weighted by atomic mass is 15.1. The van der Waals surface area contributed by atoms with Crippen molar-refractivity contribution in [3.63, 3.8) is 0 Å². The molecule has 2 bridgehead atoms. The maximum atomic E-state index is 2.58. The molecule has 11 rings (SSSR count). The lowest BCUT2D eigenvalue weighted by molar-refractivity contribution is 0.422. The van der Waals surface area contributed by atoms with Crippen molar-refractivity contribution in [1.29, 1.82) is 0 Å². The molecular weight excluding hydrogens is 687 g/mol. The summed E-state index contributed by atoms with van der Waals surface area (Å²) in [7, 11) is 0. The minimum atomic E-state index is -0.122. The van der Waals surface area contributed by atoms with E-state index in [1.54, 1.807) is 5.56 Å². The Morgan fingerprint density at radius 2 is 1.09 bits per heavy atom. The normalized spacial score (nSPS) is 22.8. The van der Waals surface area contributed by atoms with Crippen LogP contribution in [0, 0.1) is 11.8 Å². The van der Waals surface area contributed by atoms with Gasteiger partial charge in [0.25, 0.3) is 0 Å². The molecule has 6 aromatic carbocycles. The largest absolute Gasteiger partial charge is 0.310 e. The molecular formula is C56H59N. The Labute approximate surface area is 341 Å². The van der Waals surface area contributed by atoms with Crippen molar-refractivity contribution in [3.8, 4) is 22.3 Å². The summed E-state index contributed by atoms with van der Waals surface area (Å²) in [6.45, 7) is 4.89. The predicted octanol–water partition coefficient (Wildman–Crippen LogP) is 16.3. The van der Waals surface area contributed by atoms with Crippen molar-refractivity contribution >= 4 is 27.8 Å². The van der Waals surface area contributed by atoms with Crippen LogP contribution in [0.2, 0.25) is 0 Å². The van der Waals surface area contributed by atoms with Crippen molar-refractivity contribution < 1.29 is 0 Å². The summed E-state index contributed by atoms with van der Waals surface area (Å²) in [5.41, 5.74) is 16.6. The van der Waals surface area contributed by atoms with Gasteiger partial charge in [-0.25, -0.2) is 0 Å². The molecule has 57 heavy (non-hydrogen) atoms. The smallest absolute Gasteiger partial charge is 0.0540 e. The molecule has 0 amide bonds. The Kier molecular flexibility index (Phi) is 8.94. The average molecular weight is 746 g/mol. The van der Waals surface area contributed by atoms with E-state index < -0.39 is 0 Å². The molecule has 0 radical (unpaired) electrons. The monoisotopic (exact) mass is 745 g/mol. The molecule has 1 nitrogen and oxygen atoms in total. The molecule has 0 aliphatic heterocycles.